The van der Waals surface area contributed by atoms with Crippen LogP contribution in [0.15, 0.2) is 24.3 Å². The molecule has 0 bridgehead atoms. The molecule has 1 saturated carbocycles. The van der Waals surface area contributed by atoms with Crippen LogP contribution in [0.25, 0.3) is 0 Å². The van der Waals surface area contributed by atoms with Gasteiger partial charge >= 0.3 is 0 Å². The molecule has 2 rings (SSSR count). The zero-order valence-corrected chi connectivity index (χ0v) is 12.0. The molecule has 1 fully saturated rings. The summed E-state index contributed by atoms with van der Waals surface area (Å²) in [5.74, 6) is 0. The maximum atomic E-state index is 5.95. The first-order chi connectivity index (χ1) is 8.79. The first-order valence-electron chi connectivity index (χ1n) is 7.31. The second kappa shape index (κ2) is 7.16. The Bertz CT molecular complexity index is 339. The summed E-state index contributed by atoms with van der Waals surface area (Å²) in [7, 11) is 0. The Kier molecular flexibility index (Phi) is 5.52. The molecule has 1 aliphatic rings. The lowest BCUT2D eigenvalue weighted by atomic mass is 10.0. The van der Waals surface area contributed by atoms with Gasteiger partial charge in [-0.05, 0) is 37.0 Å². The van der Waals surface area contributed by atoms with Crippen molar-refractivity contribution in [2.75, 3.05) is 0 Å². The predicted octanol–water partition coefficient (Wildman–Crippen LogP) is 5.10. The van der Waals surface area contributed by atoms with Crippen LogP contribution in [0, 0.1) is 0 Å². The number of hydrogen-bond acceptors (Lipinski definition) is 1. The van der Waals surface area contributed by atoms with E-state index < -0.39 is 0 Å². The monoisotopic (exact) mass is 265 g/mol. The highest BCUT2D eigenvalue weighted by Gasteiger charge is 2.17. The minimum absolute atomic E-state index is 0.477. The normalized spacial score (nSPS) is 19.4. The third kappa shape index (κ3) is 4.00. The fourth-order valence-corrected chi connectivity index (χ4v) is 3.00. The first kappa shape index (κ1) is 13.9. The van der Waals surface area contributed by atoms with Crippen LogP contribution in [0.5, 0.6) is 0 Å². The van der Waals surface area contributed by atoms with E-state index >= 15 is 0 Å². The average molecular weight is 266 g/mol. The van der Waals surface area contributed by atoms with E-state index in [1.807, 2.05) is 12.1 Å². The van der Waals surface area contributed by atoms with Gasteiger partial charge in [0.2, 0.25) is 0 Å². The van der Waals surface area contributed by atoms with E-state index in [1.165, 1.54) is 44.1 Å². The zero-order valence-electron chi connectivity index (χ0n) is 11.3. The topological polar surface area (TPSA) is 12.0 Å². The lowest BCUT2D eigenvalue weighted by molar-refractivity contribution is 0.392. The highest BCUT2D eigenvalue weighted by molar-refractivity contribution is 6.30. The van der Waals surface area contributed by atoms with Gasteiger partial charge in [-0.1, -0.05) is 56.3 Å². The van der Waals surface area contributed by atoms with Gasteiger partial charge < -0.3 is 5.32 Å². The lowest BCUT2D eigenvalue weighted by Crippen LogP contribution is -2.32. The largest absolute Gasteiger partial charge is 0.307 e. The Morgan fingerprint density at radius 3 is 2.28 bits per heavy atom. The molecule has 0 aliphatic heterocycles. The number of nitrogens with one attached hydrogen (secondary N) is 1. The minimum Gasteiger partial charge on any atom is -0.307 e. The lowest BCUT2D eigenvalue weighted by Gasteiger charge is -2.24. The molecular weight excluding hydrogens is 242 g/mol. The molecule has 1 atom stereocenters. The molecular formula is C16H24ClN. The van der Waals surface area contributed by atoms with Crippen molar-refractivity contribution < 1.29 is 0 Å². The van der Waals surface area contributed by atoms with Crippen LogP contribution < -0.4 is 5.32 Å². The third-order valence-electron chi connectivity index (χ3n) is 3.97. The summed E-state index contributed by atoms with van der Waals surface area (Å²) in [6, 6.07) is 9.47. The van der Waals surface area contributed by atoms with Crippen LogP contribution in [-0.4, -0.2) is 6.04 Å². The van der Waals surface area contributed by atoms with Crippen LogP contribution in [0.1, 0.15) is 63.5 Å². The van der Waals surface area contributed by atoms with Crippen molar-refractivity contribution in [1.29, 1.82) is 0 Å². The second-order valence-corrected chi connectivity index (χ2v) is 5.80. The molecule has 0 aromatic heterocycles. The number of benzene rings is 1. The predicted molar refractivity (Wildman–Crippen MR) is 79.1 cm³/mol. The van der Waals surface area contributed by atoms with E-state index in [0.717, 1.165) is 11.4 Å². The van der Waals surface area contributed by atoms with Crippen LogP contribution in [0.3, 0.4) is 0 Å². The average Bonchev–Trinajstić information content (AvgIpc) is 2.66. The van der Waals surface area contributed by atoms with Gasteiger partial charge in [0, 0.05) is 17.1 Å². The molecule has 0 heterocycles. The fraction of sp³-hybridized carbons (Fsp3) is 0.625. The zero-order chi connectivity index (χ0) is 12.8. The molecule has 1 aromatic rings. The highest BCUT2D eigenvalue weighted by atomic mass is 35.5. The Labute approximate surface area is 116 Å². The Morgan fingerprint density at radius 2 is 1.72 bits per heavy atom. The summed E-state index contributed by atoms with van der Waals surface area (Å²) in [5, 5.41) is 4.66. The number of hydrogen-bond donors (Lipinski definition) is 1. The van der Waals surface area contributed by atoms with E-state index in [9.17, 15) is 0 Å². The Hall–Kier alpha value is -0.530. The second-order valence-electron chi connectivity index (χ2n) is 5.37. The van der Waals surface area contributed by atoms with E-state index in [0.29, 0.717) is 12.1 Å². The molecule has 1 N–H and O–H groups in total. The van der Waals surface area contributed by atoms with Gasteiger partial charge in [-0.25, -0.2) is 0 Å². The molecule has 1 aromatic carbocycles. The van der Waals surface area contributed by atoms with E-state index in [4.69, 9.17) is 11.6 Å². The highest BCUT2D eigenvalue weighted by Crippen LogP contribution is 2.24. The molecule has 2 heteroatoms. The Morgan fingerprint density at radius 1 is 1.11 bits per heavy atom. The van der Waals surface area contributed by atoms with Crippen molar-refractivity contribution in [3.05, 3.63) is 34.9 Å². The molecule has 100 valence electrons. The number of halogens is 1. The standard InChI is InChI=1S/C16H24ClN/c1-2-16(13-9-11-14(17)12-10-13)18-15-7-5-3-4-6-8-15/h9-12,15-16,18H,2-8H2,1H3. The van der Waals surface area contributed by atoms with Gasteiger partial charge in [0.25, 0.3) is 0 Å². The SMILES string of the molecule is CCC(NC1CCCCCC1)c1ccc(Cl)cc1. The van der Waals surface area contributed by atoms with Crippen molar-refractivity contribution in [3.8, 4) is 0 Å². The van der Waals surface area contributed by atoms with Gasteiger partial charge in [0.05, 0.1) is 0 Å². The van der Waals surface area contributed by atoms with Crippen molar-refractivity contribution in [3.63, 3.8) is 0 Å². The van der Waals surface area contributed by atoms with Gasteiger partial charge in [0.15, 0.2) is 0 Å². The van der Waals surface area contributed by atoms with Gasteiger partial charge in [-0.3, -0.25) is 0 Å². The molecule has 0 spiro atoms. The summed E-state index contributed by atoms with van der Waals surface area (Å²) < 4.78 is 0. The van der Waals surface area contributed by atoms with Gasteiger partial charge in [0.1, 0.15) is 0 Å². The van der Waals surface area contributed by atoms with Crippen LogP contribution >= 0.6 is 11.6 Å². The smallest absolute Gasteiger partial charge is 0.0406 e. The van der Waals surface area contributed by atoms with E-state index in [1.54, 1.807) is 0 Å². The summed E-state index contributed by atoms with van der Waals surface area (Å²) in [4.78, 5) is 0. The number of rotatable bonds is 4. The van der Waals surface area contributed by atoms with Crippen LogP contribution in [0.4, 0.5) is 0 Å². The van der Waals surface area contributed by atoms with E-state index in [2.05, 4.69) is 24.4 Å². The van der Waals surface area contributed by atoms with Crippen molar-refractivity contribution in [1.82, 2.24) is 5.32 Å². The molecule has 1 unspecified atom stereocenters. The van der Waals surface area contributed by atoms with E-state index in [-0.39, 0.29) is 0 Å². The maximum absolute atomic E-state index is 5.95. The quantitative estimate of drug-likeness (QED) is 0.747. The van der Waals surface area contributed by atoms with Crippen LogP contribution in [-0.2, 0) is 0 Å². The molecule has 1 aliphatic carbocycles. The van der Waals surface area contributed by atoms with Crippen molar-refractivity contribution in [2.45, 2.75) is 64.0 Å². The molecule has 0 saturated heterocycles. The third-order valence-corrected chi connectivity index (χ3v) is 4.22. The van der Waals surface area contributed by atoms with Crippen molar-refractivity contribution >= 4 is 11.6 Å². The maximum Gasteiger partial charge on any atom is 0.0406 e. The summed E-state index contributed by atoms with van der Waals surface area (Å²) >= 11 is 5.95. The molecule has 18 heavy (non-hydrogen) atoms. The minimum atomic E-state index is 0.477. The Balaban J connectivity index is 1.97. The summed E-state index contributed by atoms with van der Waals surface area (Å²) in [5.41, 5.74) is 1.37. The molecule has 1 nitrogen and oxygen atoms in total. The summed E-state index contributed by atoms with van der Waals surface area (Å²) in [6.07, 6.45) is 9.40. The van der Waals surface area contributed by atoms with Crippen LogP contribution in [0.2, 0.25) is 5.02 Å². The summed E-state index contributed by atoms with van der Waals surface area (Å²) in [6.45, 7) is 2.25. The van der Waals surface area contributed by atoms with Gasteiger partial charge in [-0.15, -0.1) is 0 Å². The first-order valence-corrected chi connectivity index (χ1v) is 7.69. The van der Waals surface area contributed by atoms with Gasteiger partial charge in [-0.2, -0.15) is 0 Å². The molecule has 0 amide bonds. The molecule has 0 radical (unpaired) electrons. The fourth-order valence-electron chi connectivity index (χ4n) is 2.88. The van der Waals surface area contributed by atoms with Crippen molar-refractivity contribution in [2.24, 2.45) is 0 Å².